The summed E-state index contributed by atoms with van der Waals surface area (Å²) in [6.07, 6.45) is 3.81. The van der Waals surface area contributed by atoms with Gasteiger partial charge in [0.2, 0.25) is 5.91 Å². The monoisotopic (exact) mass is 328 g/mol. The van der Waals surface area contributed by atoms with Crippen LogP contribution < -0.4 is 10.9 Å². The highest BCUT2D eigenvalue weighted by Gasteiger charge is 2.17. The second-order valence-corrected chi connectivity index (χ2v) is 6.79. The molecule has 1 aromatic heterocycles. The Morgan fingerprint density at radius 3 is 2.79 bits per heavy atom. The number of hydrogen-bond acceptors (Lipinski definition) is 4. The number of fused-ring (bicyclic) bond motifs is 1. The third-order valence-electron chi connectivity index (χ3n) is 4.85. The molecule has 0 bridgehead atoms. The van der Waals surface area contributed by atoms with E-state index in [-0.39, 0.29) is 11.5 Å². The second kappa shape index (κ2) is 7.18. The number of likely N-dealkylation sites (tertiary alicyclic amines) is 1. The quantitative estimate of drug-likeness (QED) is 0.876. The van der Waals surface area contributed by atoms with Crippen LogP contribution in [-0.4, -0.2) is 30.9 Å². The SMILES string of the molecule is Cc1cc(=O)oc2cc(NC(=O)CCC3CCN(C)CC3)ccc12. The summed E-state index contributed by atoms with van der Waals surface area (Å²) in [7, 11) is 2.14. The van der Waals surface area contributed by atoms with Gasteiger partial charge in [0.05, 0.1) is 0 Å². The maximum Gasteiger partial charge on any atom is 0.336 e. The summed E-state index contributed by atoms with van der Waals surface area (Å²) >= 11 is 0. The number of nitrogens with zero attached hydrogens (tertiary/aromatic N) is 1. The molecular formula is C19H24N2O3. The van der Waals surface area contributed by atoms with E-state index < -0.39 is 0 Å². The number of rotatable bonds is 4. The normalized spacial score (nSPS) is 16.4. The summed E-state index contributed by atoms with van der Waals surface area (Å²) in [6.45, 7) is 4.11. The molecule has 128 valence electrons. The minimum absolute atomic E-state index is 0.0169. The van der Waals surface area contributed by atoms with E-state index in [0.717, 1.165) is 30.5 Å². The number of amides is 1. The van der Waals surface area contributed by atoms with Crippen LogP contribution >= 0.6 is 0 Å². The van der Waals surface area contributed by atoms with Gasteiger partial charge in [-0.3, -0.25) is 4.79 Å². The van der Waals surface area contributed by atoms with Crippen LogP contribution in [0.2, 0.25) is 0 Å². The molecule has 1 aliphatic rings. The molecule has 0 unspecified atom stereocenters. The van der Waals surface area contributed by atoms with Gasteiger partial charge in [0.15, 0.2) is 0 Å². The molecule has 5 heteroatoms. The molecule has 0 atom stereocenters. The average molecular weight is 328 g/mol. The van der Waals surface area contributed by atoms with Crippen molar-refractivity contribution >= 4 is 22.6 Å². The fourth-order valence-electron chi connectivity index (χ4n) is 3.31. The molecule has 1 amide bonds. The predicted molar refractivity (Wildman–Crippen MR) is 95.3 cm³/mol. The van der Waals surface area contributed by atoms with Crippen LogP contribution in [-0.2, 0) is 4.79 Å². The maximum atomic E-state index is 12.2. The first-order valence-electron chi connectivity index (χ1n) is 8.54. The molecule has 1 fully saturated rings. The van der Waals surface area contributed by atoms with Crippen molar-refractivity contribution < 1.29 is 9.21 Å². The van der Waals surface area contributed by atoms with Crippen molar-refractivity contribution in [3.05, 3.63) is 40.2 Å². The van der Waals surface area contributed by atoms with Gasteiger partial charge in [-0.05, 0) is 69.9 Å². The zero-order valence-electron chi connectivity index (χ0n) is 14.3. The van der Waals surface area contributed by atoms with Gasteiger partial charge < -0.3 is 14.6 Å². The van der Waals surface area contributed by atoms with E-state index in [1.165, 1.54) is 18.9 Å². The number of aryl methyl sites for hydroxylation is 1. The number of nitrogens with one attached hydrogen (secondary N) is 1. The lowest BCUT2D eigenvalue weighted by Crippen LogP contribution is -2.30. The van der Waals surface area contributed by atoms with E-state index in [2.05, 4.69) is 17.3 Å². The fourth-order valence-corrected chi connectivity index (χ4v) is 3.31. The Morgan fingerprint density at radius 1 is 1.29 bits per heavy atom. The zero-order chi connectivity index (χ0) is 17.1. The molecule has 1 aliphatic heterocycles. The third-order valence-corrected chi connectivity index (χ3v) is 4.85. The smallest absolute Gasteiger partial charge is 0.336 e. The number of benzene rings is 1. The highest BCUT2D eigenvalue weighted by molar-refractivity contribution is 5.93. The Hall–Kier alpha value is -2.14. The summed E-state index contributed by atoms with van der Waals surface area (Å²) in [4.78, 5) is 26.0. The lowest BCUT2D eigenvalue weighted by molar-refractivity contribution is -0.116. The predicted octanol–water partition coefficient (Wildman–Crippen LogP) is 3.16. The number of anilines is 1. The van der Waals surface area contributed by atoms with E-state index in [4.69, 9.17) is 4.42 Å². The van der Waals surface area contributed by atoms with Crippen LogP contribution in [0.25, 0.3) is 11.0 Å². The Morgan fingerprint density at radius 2 is 2.04 bits per heavy atom. The largest absolute Gasteiger partial charge is 0.423 e. The van der Waals surface area contributed by atoms with Crippen molar-refractivity contribution in [3.8, 4) is 0 Å². The molecule has 0 radical (unpaired) electrons. The standard InChI is InChI=1S/C19H24N2O3/c1-13-11-19(23)24-17-12-15(4-5-16(13)17)20-18(22)6-3-14-7-9-21(2)10-8-14/h4-5,11-12,14H,3,6-10H2,1-2H3,(H,20,22). The highest BCUT2D eigenvalue weighted by atomic mass is 16.4. The first-order valence-corrected chi connectivity index (χ1v) is 8.54. The number of piperidine rings is 1. The molecule has 2 aromatic rings. The number of carbonyl (C=O) groups is 1. The van der Waals surface area contributed by atoms with E-state index in [1.807, 2.05) is 19.1 Å². The highest BCUT2D eigenvalue weighted by Crippen LogP contribution is 2.23. The lowest BCUT2D eigenvalue weighted by atomic mass is 9.92. The van der Waals surface area contributed by atoms with Crippen molar-refractivity contribution in [2.24, 2.45) is 5.92 Å². The van der Waals surface area contributed by atoms with Gasteiger partial charge in [-0.1, -0.05) is 0 Å². The van der Waals surface area contributed by atoms with Gasteiger partial charge in [-0.2, -0.15) is 0 Å². The Bertz CT molecular complexity index is 789. The van der Waals surface area contributed by atoms with Crippen LogP contribution in [0.15, 0.2) is 33.5 Å². The number of carbonyl (C=O) groups excluding carboxylic acids is 1. The lowest BCUT2D eigenvalue weighted by Gasteiger charge is -2.28. The molecule has 24 heavy (non-hydrogen) atoms. The molecule has 0 aliphatic carbocycles. The van der Waals surface area contributed by atoms with Crippen LogP contribution in [0.4, 0.5) is 5.69 Å². The first-order chi connectivity index (χ1) is 11.5. The third kappa shape index (κ3) is 4.03. The molecular weight excluding hydrogens is 304 g/mol. The second-order valence-electron chi connectivity index (χ2n) is 6.79. The summed E-state index contributed by atoms with van der Waals surface area (Å²) in [5.74, 6) is 0.660. The van der Waals surface area contributed by atoms with Gasteiger partial charge in [0.25, 0.3) is 0 Å². The molecule has 0 spiro atoms. The fraction of sp³-hybridized carbons (Fsp3) is 0.474. The van der Waals surface area contributed by atoms with Gasteiger partial charge in [-0.15, -0.1) is 0 Å². The summed E-state index contributed by atoms with van der Waals surface area (Å²) in [5.41, 5.74) is 1.69. The van der Waals surface area contributed by atoms with Gasteiger partial charge >= 0.3 is 5.63 Å². The molecule has 1 saturated heterocycles. The Labute approximate surface area is 141 Å². The molecule has 1 N–H and O–H groups in total. The zero-order valence-corrected chi connectivity index (χ0v) is 14.3. The Kier molecular flexibility index (Phi) is 5.00. The molecule has 5 nitrogen and oxygen atoms in total. The minimum atomic E-state index is -0.370. The van der Waals surface area contributed by atoms with Crippen LogP contribution in [0, 0.1) is 12.8 Å². The van der Waals surface area contributed by atoms with E-state index in [1.54, 1.807) is 6.07 Å². The molecule has 0 saturated carbocycles. The number of hydrogen-bond donors (Lipinski definition) is 1. The summed E-state index contributed by atoms with van der Waals surface area (Å²) in [6, 6.07) is 6.92. The van der Waals surface area contributed by atoms with Crippen LogP contribution in [0.5, 0.6) is 0 Å². The van der Waals surface area contributed by atoms with Crippen molar-refractivity contribution in [1.29, 1.82) is 0 Å². The van der Waals surface area contributed by atoms with Crippen LogP contribution in [0.3, 0.4) is 0 Å². The topological polar surface area (TPSA) is 62.6 Å². The first kappa shape index (κ1) is 16.7. The van der Waals surface area contributed by atoms with Crippen LogP contribution in [0.1, 0.15) is 31.2 Å². The average Bonchev–Trinajstić information content (AvgIpc) is 2.54. The maximum absolute atomic E-state index is 12.2. The van der Waals surface area contributed by atoms with Gasteiger partial charge in [-0.25, -0.2) is 4.79 Å². The molecule has 3 rings (SSSR count). The molecule has 2 heterocycles. The van der Waals surface area contributed by atoms with Crippen molar-refractivity contribution in [2.45, 2.75) is 32.6 Å². The van der Waals surface area contributed by atoms with Gasteiger partial charge in [0, 0.05) is 29.6 Å². The summed E-state index contributed by atoms with van der Waals surface area (Å²) in [5, 5.41) is 3.80. The van der Waals surface area contributed by atoms with Crippen molar-refractivity contribution in [3.63, 3.8) is 0 Å². The summed E-state index contributed by atoms with van der Waals surface area (Å²) < 4.78 is 5.22. The van der Waals surface area contributed by atoms with E-state index in [0.29, 0.717) is 23.6 Å². The van der Waals surface area contributed by atoms with E-state index in [9.17, 15) is 9.59 Å². The minimum Gasteiger partial charge on any atom is -0.423 e. The Balaban J connectivity index is 1.60. The van der Waals surface area contributed by atoms with Gasteiger partial charge in [0.1, 0.15) is 5.58 Å². The van der Waals surface area contributed by atoms with E-state index >= 15 is 0 Å². The van der Waals surface area contributed by atoms with Crippen molar-refractivity contribution in [1.82, 2.24) is 4.90 Å². The van der Waals surface area contributed by atoms with Crippen molar-refractivity contribution in [2.75, 3.05) is 25.5 Å². The molecule has 1 aromatic carbocycles.